The molecule has 0 saturated heterocycles. The Balaban J connectivity index is 3.77. The molecule has 0 saturated carbocycles. The second-order valence-corrected chi connectivity index (χ2v) is 4.23. The van der Waals surface area contributed by atoms with Gasteiger partial charge in [0.25, 0.3) is 0 Å². The Hall–Kier alpha value is -0.130. The van der Waals surface area contributed by atoms with Crippen molar-refractivity contribution in [2.45, 2.75) is 37.3 Å². The highest BCUT2D eigenvalue weighted by Crippen LogP contribution is 2.09. The molecule has 0 radical (unpaired) electrons. The smallest absolute Gasteiger partial charge is 0.239 e. The number of hydrogen-bond donors (Lipinski definition) is 1. The van der Waals surface area contributed by atoms with Crippen molar-refractivity contribution in [3.63, 3.8) is 0 Å². The van der Waals surface area contributed by atoms with E-state index >= 15 is 0 Å². The van der Waals surface area contributed by atoms with Crippen LogP contribution in [-0.2, 0) is 14.3 Å². The van der Waals surface area contributed by atoms with Crippen LogP contribution in [0.5, 0.6) is 0 Å². The third kappa shape index (κ3) is 6.12. The van der Waals surface area contributed by atoms with Crippen molar-refractivity contribution < 1.29 is 14.3 Å². The van der Waals surface area contributed by atoms with Crippen LogP contribution in [0.25, 0.3) is 0 Å². The number of amides is 1. The van der Waals surface area contributed by atoms with Gasteiger partial charge in [0.15, 0.2) is 6.29 Å². The Kier molecular flexibility index (Phi) is 9.04. The van der Waals surface area contributed by atoms with Gasteiger partial charge in [0, 0.05) is 20.8 Å². The van der Waals surface area contributed by atoms with Gasteiger partial charge in [-0.3, -0.25) is 4.79 Å². The molecular formula is C10H20BrNO3. The zero-order valence-electron chi connectivity index (χ0n) is 9.59. The van der Waals surface area contributed by atoms with Crippen molar-refractivity contribution in [2.75, 3.05) is 20.8 Å². The van der Waals surface area contributed by atoms with Crippen LogP contribution in [0.3, 0.4) is 0 Å². The summed E-state index contributed by atoms with van der Waals surface area (Å²) in [7, 11) is 3.01. The topological polar surface area (TPSA) is 47.6 Å². The van der Waals surface area contributed by atoms with Gasteiger partial charge in [-0.15, -0.1) is 0 Å². The summed E-state index contributed by atoms with van der Waals surface area (Å²) in [6, 6.07) is 0. The number of carbonyl (C=O) groups is 1. The molecule has 0 aliphatic rings. The minimum Gasteiger partial charge on any atom is -0.355 e. The Bertz CT molecular complexity index is 174. The molecule has 1 atom stereocenters. The molecule has 0 aliphatic heterocycles. The van der Waals surface area contributed by atoms with Crippen molar-refractivity contribution >= 4 is 21.8 Å². The first kappa shape index (κ1) is 14.9. The number of alkyl halides is 1. The monoisotopic (exact) mass is 281 g/mol. The summed E-state index contributed by atoms with van der Waals surface area (Å²) in [5, 5.41) is 2.82. The first-order valence-corrected chi connectivity index (χ1v) is 6.06. The maximum Gasteiger partial charge on any atom is 0.239 e. The molecule has 1 N–H and O–H groups in total. The van der Waals surface area contributed by atoms with Crippen LogP contribution in [0, 0.1) is 0 Å². The van der Waals surface area contributed by atoms with E-state index in [2.05, 4.69) is 28.2 Å². The van der Waals surface area contributed by atoms with Crippen molar-refractivity contribution in [3.8, 4) is 0 Å². The van der Waals surface area contributed by atoms with Crippen LogP contribution in [0.1, 0.15) is 26.2 Å². The lowest BCUT2D eigenvalue weighted by Crippen LogP contribution is -2.40. The Morgan fingerprint density at radius 1 is 1.33 bits per heavy atom. The summed E-state index contributed by atoms with van der Waals surface area (Å²) in [6.07, 6.45) is 2.74. The van der Waals surface area contributed by atoms with Gasteiger partial charge in [0.2, 0.25) is 5.91 Å². The van der Waals surface area contributed by atoms with Gasteiger partial charge in [0.1, 0.15) is 4.83 Å². The van der Waals surface area contributed by atoms with Crippen LogP contribution in [0.2, 0.25) is 0 Å². The third-order valence-corrected chi connectivity index (χ3v) is 2.88. The number of rotatable bonds is 8. The Labute approximate surface area is 99.8 Å². The van der Waals surface area contributed by atoms with Gasteiger partial charge in [-0.1, -0.05) is 35.7 Å². The normalized spacial score (nSPS) is 12.9. The van der Waals surface area contributed by atoms with Crippen molar-refractivity contribution in [1.29, 1.82) is 0 Å². The van der Waals surface area contributed by atoms with E-state index in [4.69, 9.17) is 9.47 Å². The molecule has 1 unspecified atom stereocenters. The van der Waals surface area contributed by atoms with E-state index in [-0.39, 0.29) is 5.91 Å². The highest BCUT2D eigenvalue weighted by Gasteiger charge is 2.24. The number of halogens is 1. The molecular weight excluding hydrogens is 262 g/mol. The molecule has 0 aliphatic carbocycles. The standard InChI is InChI=1S/C10H20BrNO3/c1-4-5-6-7-12-9(13)8(11)10(14-2)15-3/h8,10H,4-7H2,1-3H3,(H,12,13). The molecule has 4 nitrogen and oxygen atoms in total. The van der Waals surface area contributed by atoms with E-state index in [1.165, 1.54) is 14.2 Å². The van der Waals surface area contributed by atoms with E-state index in [0.717, 1.165) is 19.3 Å². The van der Waals surface area contributed by atoms with E-state index in [1.807, 2.05) is 0 Å². The molecule has 0 aromatic heterocycles. The largest absolute Gasteiger partial charge is 0.355 e. The van der Waals surface area contributed by atoms with Crippen molar-refractivity contribution in [3.05, 3.63) is 0 Å². The summed E-state index contributed by atoms with van der Waals surface area (Å²) < 4.78 is 9.96. The zero-order chi connectivity index (χ0) is 11.7. The Morgan fingerprint density at radius 2 is 1.93 bits per heavy atom. The maximum absolute atomic E-state index is 11.5. The molecule has 0 bridgehead atoms. The van der Waals surface area contributed by atoms with E-state index < -0.39 is 11.1 Å². The van der Waals surface area contributed by atoms with Crippen LogP contribution in [-0.4, -0.2) is 37.8 Å². The molecule has 15 heavy (non-hydrogen) atoms. The number of methoxy groups -OCH3 is 2. The van der Waals surface area contributed by atoms with Gasteiger partial charge >= 0.3 is 0 Å². The summed E-state index contributed by atoms with van der Waals surface area (Å²) in [5.74, 6) is -0.0974. The minimum absolute atomic E-state index is 0.0974. The van der Waals surface area contributed by atoms with Gasteiger partial charge in [-0.05, 0) is 6.42 Å². The molecule has 0 aromatic rings. The molecule has 0 fully saturated rings. The molecule has 90 valence electrons. The second kappa shape index (κ2) is 9.12. The first-order valence-electron chi connectivity index (χ1n) is 5.14. The molecule has 0 spiro atoms. The zero-order valence-corrected chi connectivity index (χ0v) is 11.2. The third-order valence-electron chi connectivity index (χ3n) is 2.03. The number of hydrogen-bond acceptors (Lipinski definition) is 3. The fourth-order valence-corrected chi connectivity index (χ4v) is 1.74. The van der Waals surface area contributed by atoms with Crippen LogP contribution < -0.4 is 5.32 Å². The quantitative estimate of drug-likeness (QED) is 0.418. The van der Waals surface area contributed by atoms with Gasteiger partial charge < -0.3 is 14.8 Å². The van der Waals surface area contributed by atoms with Gasteiger partial charge in [-0.25, -0.2) is 0 Å². The summed E-state index contributed by atoms with van der Waals surface area (Å²) in [6.45, 7) is 2.83. The number of nitrogens with one attached hydrogen (secondary N) is 1. The average Bonchev–Trinajstić information content (AvgIpc) is 2.25. The lowest BCUT2D eigenvalue weighted by molar-refractivity contribution is -0.136. The fraction of sp³-hybridized carbons (Fsp3) is 0.900. The highest BCUT2D eigenvalue weighted by atomic mass is 79.9. The summed E-state index contributed by atoms with van der Waals surface area (Å²) >= 11 is 3.24. The minimum atomic E-state index is -0.545. The maximum atomic E-state index is 11.5. The number of unbranched alkanes of at least 4 members (excludes halogenated alkanes) is 2. The lowest BCUT2D eigenvalue weighted by atomic mass is 10.2. The summed E-state index contributed by atoms with van der Waals surface area (Å²) in [4.78, 5) is 11.1. The molecule has 5 heteroatoms. The van der Waals surface area contributed by atoms with Crippen LogP contribution in [0.4, 0.5) is 0 Å². The van der Waals surface area contributed by atoms with Crippen LogP contribution in [0.15, 0.2) is 0 Å². The number of ether oxygens (including phenoxy) is 2. The first-order chi connectivity index (χ1) is 7.17. The van der Waals surface area contributed by atoms with Crippen molar-refractivity contribution in [2.24, 2.45) is 0 Å². The lowest BCUT2D eigenvalue weighted by Gasteiger charge is -2.18. The average molecular weight is 282 g/mol. The van der Waals surface area contributed by atoms with Gasteiger partial charge in [0.05, 0.1) is 0 Å². The van der Waals surface area contributed by atoms with E-state index in [1.54, 1.807) is 0 Å². The van der Waals surface area contributed by atoms with E-state index in [9.17, 15) is 4.79 Å². The van der Waals surface area contributed by atoms with Gasteiger partial charge in [-0.2, -0.15) is 0 Å². The summed E-state index contributed by atoms with van der Waals surface area (Å²) in [5.41, 5.74) is 0. The van der Waals surface area contributed by atoms with E-state index in [0.29, 0.717) is 6.54 Å². The molecule has 0 heterocycles. The molecule has 0 rings (SSSR count). The van der Waals surface area contributed by atoms with Crippen molar-refractivity contribution in [1.82, 2.24) is 5.32 Å². The highest BCUT2D eigenvalue weighted by molar-refractivity contribution is 9.10. The predicted molar refractivity (Wildman–Crippen MR) is 63.1 cm³/mol. The second-order valence-electron chi connectivity index (χ2n) is 3.24. The molecule has 1 amide bonds. The number of carbonyl (C=O) groups excluding carboxylic acids is 1. The molecule has 0 aromatic carbocycles. The van der Waals surface area contributed by atoms with Crippen LogP contribution >= 0.6 is 15.9 Å². The fourth-order valence-electron chi connectivity index (χ4n) is 1.14. The predicted octanol–water partition coefficient (Wildman–Crippen LogP) is 1.68. The Morgan fingerprint density at radius 3 is 2.40 bits per heavy atom. The SMILES string of the molecule is CCCCCNC(=O)C(Br)C(OC)OC.